The highest BCUT2D eigenvalue weighted by Gasteiger charge is 2.39. The number of carboxylic acids is 1. The lowest BCUT2D eigenvalue weighted by molar-refractivity contribution is -0.141. The second kappa shape index (κ2) is 8.64. The van der Waals surface area contributed by atoms with Crippen LogP contribution in [0.3, 0.4) is 0 Å². The Labute approximate surface area is 198 Å². The predicted octanol–water partition coefficient (Wildman–Crippen LogP) is 4.52. The molecule has 2 aromatic carbocycles. The molecule has 1 amide bonds. The quantitative estimate of drug-likeness (QED) is 0.539. The Bertz CT molecular complexity index is 1230. The molecule has 0 radical (unpaired) electrons. The van der Waals surface area contributed by atoms with Gasteiger partial charge in [-0.3, -0.25) is 4.99 Å². The molecular formula is C24H21N3O4S2. The van der Waals surface area contributed by atoms with Gasteiger partial charge in [-0.15, -0.1) is 23.1 Å². The Hall–Kier alpha value is -3.17. The summed E-state index contributed by atoms with van der Waals surface area (Å²) < 4.78 is 5.56. The van der Waals surface area contributed by atoms with Gasteiger partial charge in [-0.05, 0) is 29.2 Å². The first kappa shape index (κ1) is 21.7. The van der Waals surface area contributed by atoms with Gasteiger partial charge in [0.1, 0.15) is 22.4 Å². The molecule has 2 N–H and O–H groups in total. The van der Waals surface area contributed by atoms with Crippen LogP contribution in [0.1, 0.15) is 34.7 Å². The van der Waals surface area contributed by atoms with Crippen molar-refractivity contribution in [3.63, 3.8) is 0 Å². The molecule has 1 aliphatic heterocycles. The fraction of sp³-hybridized carbons (Fsp3) is 0.250. The molecule has 2 aliphatic rings. The fourth-order valence-corrected chi connectivity index (χ4v) is 5.94. The molecule has 7 nitrogen and oxygen atoms in total. The SMILES string of the molecule is C[C@@]1(C(=O)O)CSC(c2csc(CNC(=O)OCC3c4ccccc4-c4ccccc43)n2)=N1. The molecule has 1 atom stereocenters. The number of hydrogen-bond donors (Lipinski definition) is 2. The number of fused-ring (bicyclic) bond motifs is 3. The summed E-state index contributed by atoms with van der Waals surface area (Å²) in [6, 6.07) is 16.4. The Morgan fingerprint density at radius 3 is 2.45 bits per heavy atom. The molecule has 5 rings (SSSR count). The Kier molecular flexibility index (Phi) is 5.67. The van der Waals surface area contributed by atoms with Gasteiger partial charge in [0.15, 0.2) is 5.54 Å². The number of benzene rings is 2. The lowest BCUT2D eigenvalue weighted by Gasteiger charge is -2.14. The number of carboxylic acid groups (broad SMARTS) is 1. The van der Waals surface area contributed by atoms with Gasteiger partial charge in [0.05, 0.1) is 6.54 Å². The van der Waals surface area contributed by atoms with E-state index in [0.29, 0.717) is 21.5 Å². The van der Waals surface area contributed by atoms with Gasteiger partial charge in [0, 0.05) is 17.1 Å². The molecular weight excluding hydrogens is 458 g/mol. The number of aliphatic carboxylic acids is 1. The molecule has 0 saturated carbocycles. The van der Waals surface area contributed by atoms with Gasteiger partial charge in [0.2, 0.25) is 0 Å². The van der Waals surface area contributed by atoms with Crippen LogP contribution in [0.25, 0.3) is 11.1 Å². The molecule has 0 spiro atoms. The van der Waals surface area contributed by atoms with E-state index in [1.165, 1.54) is 45.4 Å². The molecule has 0 saturated heterocycles. The van der Waals surface area contributed by atoms with Crippen molar-refractivity contribution in [1.82, 2.24) is 10.3 Å². The number of ether oxygens (including phenoxy) is 1. The van der Waals surface area contributed by atoms with Crippen LogP contribution in [0.2, 0.25) is 0 Å². The zero-order chi connectivity index (χ0) is 23.0. The van der Waals surface area contributed by atoms with Crippen molar-refractivity contribution in [2.45, 2.75) is 24.9 Å². The highest BCUT2D eigenvalue weighted by molar-refractivity contribution is 8.14. The van der Waals surface area contributed by atoms with E-state index in [9.17, 15) is 14.7 Å². The maximum absolute atomic E-state index is 12.4. The van der Waals surface area contributed by atoms with Crippen LogP contribution in [-0.4, -0.2) is 45.1 Å². The number of thioether (sulfide) groups is 1. The van der Waals surface area contributed by atoms with Crippen LogP contribution in [0.5, 0.6) is 0 Å². The number of nitrogens with one attached hydrogen (secondary N) is 1. The smallest absolute Gasteiger partial charge is 0.407 e. The fourth-order valence-electron chi connectivity index (χ4n) is 4.03. The average molecular weight is 480 g/mol. The van der Waals surface area contributed by atoms with Gasteiger partial charge in [-0.2, -0.15) is 0 Å². The minimum Gasteiger partial charge on any atom is -0.479 e. The monoisotopic (exact) mass is 479 g/mol. The van der Waals surface area contributed by atoms with Crippen LogP contribution in [0.4, 0.5) is 4.79 Å². The Morgan fingerprint density at radius 2 is 1.82 bits per heavy atom. The van der Waals surface area contributed by atoms with Crippen molar-refractivity contribution in [1.29, 1.82) is 0 Å². The number of carbonyl (C=O) groups is 2. The summed E-state index contributed by atoms with van der Waals surface area (Å²) >= 11 is 2.77. The van der Waals surface area contributed by atoms with Crippen molar-refractivity contribution in [2.24, 2.45) is 4.99 Å². The van der Waals surface area contributed by atoms with Crippen LogP contribution >= 0.6 is 23.1 Å². The average Bonchev–Trinajstić information content (AvgIpc) is 3.53. The number of hydrogen-bond acceptors (Lipinski definition) is 7. The molecule has 9 heteroatoms. The number of amides is 1. The van der Waals surface area contributed by atoms with E-state index in [-0.39, 0.29) is 19.1 Å². The molecule has 0 bridgehead atoms. The minimum absolute atomic E-state index is 0.00978. The summed E-state index contributed by atoms with van der Waals surface area (Å²) in [5, 5.41) is 15.2. The topological polar surface area (TPSA) is 101 Å². The third kappa shape index (κ3) is 4.14. The first-order chi connectivity index (χ1) is 15.9. The number of nitrogens with zero attached hydrogens (tertiary/aromatic N) is 2. The van der Waals surface area contributed by atoms with E-state index in [4.69, 9.17) is 4.74 Å². The normalized spacial score (nSPS) is 19.0. The highest BCUT2D eigenvalue weighted by atomic mass is 32.2. The maximum atomic E-state index is 12.4. The second-order valence-electron chi connectivity index (χ2n) is 8.09. The number of carbonyl (C=O) groups excluding carboxylic acids is 1. The molecule has 0 fully saturated rings. The summed E-state index contributed by atoms with van der Waals surface area (Å²) in [5.74, 6) is -0.560. The number of aromatic nitrogens is 1. The lowest BCUT2D eigenvalue weighted by Crippen LogP contribution is -2.33. The van der Waals surface area contributed by atoms with Crippen LogP contribution in [0.15, 0.2) is 58.9 Å². The van der Waals surface area contributed by atoms with Crippen molar-refractivity contribution in [3.8, 4) is 11.1 Å². The lowest BCUT2D eigenvalue weighted by atomic mass is 9.98. The Balaban J connectivity index is 1.19. The molecule has 168 valence electrons. The number of alkyl carbamates (subject to hydrolysis) is 1. The third-order valence-electron chi connectivity index (χ3n) is 5.80. The van der Waals surface area contributed by atoms with Gasteiger partial charge >= 0.3 is 12.1 Å². The summed E-state index contributed by atoms with van der Waals surface area (Å²) in [5.41, 5.74) is 4.22. The van der Waals surface area contributed by atoms with Crippen molar-refractivity contribution in [3.05, 3.63) is 75.7 Å². The summed E-state index contributed by atoms with van der Waals surface area (Å²) in [6.45, 7) is 2.08. The van der Waals surface area contributed by atoms with E-state index < -0.39 is 17.6 Å². The second-order valence-corrected chi connectivity index (χ2v) is 10.00. The third-order valence-corrected chi connectivity index (χ3v) is 7.93. The summed E-state index contributed by atoms with van der Waals surface area (Å²) in [4.78, 5) is 32.6. The molecule has 33 heavy (non-hydrogen) atoms. The van der Waals surface area contributed by atoms with Gasteiger partial charge in [-0.1, -0.05) is 48.5 Å². The molecule has 1 aliphatic carbocycles. The number of thiazole rings is 1. The zero-order valence-electron chi connectivity index (χ0n) is 17.8. The first-order valence-corrected chi connectivity index (χ1v) is 12.3. The Morgan fingerprint density at radius 1 is 1.15 bits per heavy atom. The van der Waals surface area contributed by atoms with Crippen molar-refractivity contribution < 1.29 is 19.4 Å². The first-order valence-electron chi connectivity index (χ1n) is 10.4. The number of aliphatic imine (C=N–C) groups is 1. The van der Waals surface area contributed by atoms with Crippen LogP contribution in [-0.2, 0) is 16.1 Å². The summed E-state index contributed by atoms with van der Waals surface area (Å²) in [7, 11) is 0. The molecule has 3 aromatic rings. The largest absolute Gasteiger partial charge is 0.479 e. The summed E-state index contributed by atoms with van der Waals surface area (Å²) in [6.07, 6.45) is -0.500. The molecule has 2 heterocycles. The minimum atomic E-state index is -1.12. The van der Waals surface area contributed by atoms with E-state index in [0.717, 1.165) is 0 Å². The van der Waals surface area contributed by atoms with E-state index in [2.05, 4.69) is 39.6 Å². The standard InChI is InChI=1S/C24H21N3O4S2/c1-24(22(28)29)13-33-21(27-24)19-12-32-20(26-19)10-25-23(30)31-11-18-16-8-4-2-6-14(16)15-7-3-5-9-17(15)18/h2-9,12,18H,10-11,13H2,1H3,(H,25,30)(H,28,29)/t24-/m0/s1. The number of rotatable bonds is 6. The molecule has 1 aromatic heterocycles. The van der Waals surface area contributed by atoms with Crippen LogP contribution in [0, 0.1) is 0 Å². The predicted molar refractivity (Wildman–Crippen MR) is 129 cm³/mol. The maximum Gasteiger partial charge on any atom is 0.407 e. The van der Waals surface area contributed by atoms with Gasteiger partial charge in [-0.25, -0.2) is 14.6 Å². The van der Waals surface area contributed by atoms with E-state index in [1.807, 2.05) is 29.6 Å². The highest BCUT2D eigenvalue weighted by Crippen LogP contribution is 2.44. The van der Waals surface area contributed by atoms with Crippen LogP contribution < -0.4 is 5.32 Å². The zero-order valence-corrected chi connectivity index (χ0v) is 19.4. The van der Waals surface area contributed by atoms with Gasteiger partial charge < -0.3 is 15.2 Å². The van der Waals surface area contributed by atoms with Crippen molar-refractivity contribution in [2.75, 3.05) is 12.4 Å². The molecule has 0 unspecified atom stereocenters. The van der Waals surface area contributed by atoms with E-state index >= 15 is 0 Å². The van der Waals surface area contributed by atoms with Crippen molar-refractivity contribution >= 4 is 40.2 Å². The van der Waals surface area contributed by atoms with E-state index in [1.54, 1.807) is 6.92 Å². The van der Waals surface area contributed by atoms with Gasteiger partial charge in [0.25, 0.3) is 0 Å².